The third-order valence-corrected chi connectivity index (χ3v) is 3.95. The molecule has 0 aromatic carbocycles. The van der Waals surface area contributed by atoms with E-state index in [0.29, 0.717) is 0 Å². The van der Waals surface area contributed by atoms with E-state index in [1.807, 2.05) is 0 Å². The van der Waals surface area contributed by atoms with Gasteiger partial charge in [-0.25, -0.2) is 0 Å². The summed E-state index contributed by atoms with van der Waals surface area (Å²) in [5, 5.41) is 0. The van der Waals surface area contributed by atoms with Crippen molar-refractivity contribution in [2.24, 2.45) is 11.7 Å². The molecule has 0 spiro atoms. The van der Waals surface area contributed by atoms with Gasteiger partial charge in [0.15, 0.2) is 0 Å². The maximum Gasteiger partial charge on any atom is 0.0354 e. The summed E-state index contributed by atoms with van der Waals surface area (Å²) in [5.41, 5.74) is 6.29. The molecule has 3 nitrogen and oxygen atoms in total. The van der Waals surface area contributed by atoms with Crippen LogP contribution in [0.5, 0.6) is 0 Å². The van der Waals surface area contributed by atoms with Crippen molar-refractivity contribution in [1.29, 1.82) is 0 Å². The summed E-state index contributed by atoms with van der Waals surface area (Å²) in [7, 11) is 6.49. The third-order valence-electron chi connectivity index (χ3n) is 3.95. The minimum absolute atomic E-state index is 0.274. The fourth-order valence-electron chi connectivity index (χ4n) is 2.53. The SMILES string of the molecule is CCC(CN)(C1CC1)N(C)CCN(C)C. The van der Waals surface area contributed by atoms with Crippen LogP contribution in [0, 0.1) is 5.92 Å². The smallest absolute Gasteiger partial charge is 0.0354 e. The van der Waals surface area contributed by atoms with Crippen molar-refractivity contribution in [3.8, 4) is 0 Å². The van der Waals surface area contributed by atoms with Gasteiger partial charge in [0.2, 0.25) is 0 Å². The number of hydrogen-bond acceptors (Lipinski definition) is 3. The molecule has 0 amide bonds. The fourth-order valence-corrected chi connectivity index (χ4v) is 2.53. The average Bonchev–Trinajstić information content (AvgIpc) is 3.02. The minimum Gasteiger partial charge on any atom is -0.329 e. The second-order valence-corrected chi connectivity index (χ2v) is 5.16. The molecule has 0 saturated heterocycles. The van der Waals surface area contributed by atoms with Gasteiger partial charge < -0.3 is 10.6 Å². The molecule has 1 saturated carbocycles. The van der Waals surface area contributed by atoms with Crippen LogP contribution in [0.4, 0.5) is 0 Å². The lowest BCUT2D eigenvalue weighted by Crippen LogP contribution is -2.55. The number of rotatable bonds is 7. The second-order valence-electron chi connectivity index (χ2n) is 5.16. The molecule has 0 radical (unpaired) electrons. The van der Waals surface area contributed by atoms with Crippen LogP contribution >= 0.6 is 0 Å². The van der Waals surface area contributed by atoms with Gasteiger partial charge in [0, 0.05) is 25.2 Å². The van der Waals surface area contributed by atoms with Gasteiger partial charge in [0.1, 0.15) is 0 Å². The summed E-state index contributed by atoms with van der Waals surface area (Å²) >= 11 is 0. The van der Waals surface area contributed by atoms with E-state index in [9.17, 15) is 0 Å². The van der Waals surface area contributed by atoms with E-state index < -0.39 is 0 Å². The molecule has 1 atom stereocenters. The normalized spacial score (nSPS) is 21.0. The van der Waals surface area contributed by atoms with Crippen LogP contribution in [0.25, 0.3) is 0 Å². The van der Waals surface area contributed by atoms with E-state index in [1.54, 1.807) is 0 Å². The number of likely N-dealkylation sites (N-methyl/N-ethyl adjacent to an activating group) is 2. The molecule has 1 unspecified atom stereocenters. The Balaban J connectivity index is 2.54. The second kappa shape index (κ2) is 5.28. The van der Waals surface area contributed by atoms with E-state index in [-0.39, 0.29) is 5.54 Å². The Hall–Kier alpha value is -0.120. The quantitative estimate of drug-likeness (QED) is 0.685. The zero-order valence-corrected chi connectivity index (χ0v) is 10.8. The molecule has 0 heterocycles. The highest BCUT2D eigenvalue weighted by molar-refractivity contribution is 5.01. The molecule has 2 N–H and O–H groups in total. The molecule has 0 aliphatic heterocycles. The van der Waals surface area contributed by atoms with Crippen molar-refractivity contribution in [2.75, 3.05) is 40.8 Å². The number of hydrogen-bond donors (Lipinski definition) is 1. The van der Waals surface area contributed by atoms with Crippen LogP contribution in [0.3, 0.4) is 0 Å². The van der Waals surface area contributed by atoms with E-state index in [1.165, 1.54) is 19.3 Å². The summed E-state index contributed by atoms with van der Waals surface area (Å²) in [4.78, 5) is 4.73. The lowest BCUT2D eigenvalue weighted by atomic mass is 9.88. The standard InChI is InChI=1S/C12H27N3/c1-5-12(10-13,11-6-7-11)15(4)9-8-14(2)3/h11H,5-10,13H2,1-4H3. The molecule has 3 heteroatoms. The predicted molar refractivity (Wildman–Crippen MR) is 66.0 cm³/mol. The molecule has 1 fully saturated rings. The Labute approximate surface area is 94.6 Å². The van der Waals surface area contributed by atoms with Crippen molar-refractivity contribution in [3.63, 3.8) is 0 Å². The average molecular weight is 213 g/mol. The maximum absolute atomic E-state index is 6.01. The zero-order valence-electron chi connectivity index (χ0n) is 10.8. The van der Waals surface area contributed by atoms with Gasteiger partial charge in [-0.2, -0.15) is 0 Å². The fraction of sp³-hybridized carbons (Fsp3) is 1.00. The van der Waals surface area contributed by atoms with Crippen molar-refractivity contribution in [1.82, 2.24) is 9.80 Å². The molecule has 0 bridgehead atoms. The molecule has 0 aromatic rings. The molecule has 15 heavy (non-hydrogen) atoms. The van der Waals surface area contributed by atoms with Crippen molar-refractivity contribution < 1.29 is 0 Å². The van der Waals surface area contributed by atoms with E-state index in [2.05, 4.69) is 37.9 Å². The third kappa shape index (κ3) is 2.92. The molecule has 1 aliphatic carbocycles. The number of nitrogens with zero attached hydrogens (tertiary/aromatic N) is 2. The first-order chi connectivity index (χ1) is 7.06. The highest BCUT2D eigenvalue weighted by atomic mass is 15.2. The maximum atomic E-state index is 6.01. The van der Waals surface area contributed by atoms with Gasteiger partial charge in [0.25, 0.3) is 0 Å². The Kier molecular flexibility index (Phi) is 4.56. The van der Waals surface area contributed by atoms with Crippen molar-refractivity contribution >= 4 is 0 Å². The largest absolute Gasteiger partial charge is 0.329 e. The van der Waals surface area contributed by atoms with Crippen LogP contribution < -0.4 is 5.73 Å². The van der Waals surface area contributed by atoms with E-state index in [4.69, 9.17) is 5.73 Å². The molecular weight excluding hydrogens is 186 g/mol. The first kappa shape index (κ1) is 12.9. The summed E-state index contributed by atoms with van der Waals surface area (Å²) in [5.74, 6) is 0.847. The highest BCUT2D eigenvalue weighted by Gasteiger charge is 2.45. The Morgan fingerprint density at radius 3 is 2.13 bits per heavy atom. The first-order valence-corrected chi connectivity index (χ1v) is 6.13. The summed E-state index contributed by atoms with van der Waals surface area (Å²) in [6.07, 6.45) is 3.92. The molecule has 90 valence electrons. The van der Waals surface area contributed by atoms with Crippen LogP contribution in [-0.2, 0) is 0 Å². The van der Waals surface area contributed by atoms with Crippen LogP contribution in [0.1, 0.15) is 26.2 Å². The number of nitrogens with two attached hydrogens (primary N) is 1. The molecular formula is C12H27N3. The Bertz CT molecular complexity index is 183. The van der Waals surface area contributed by atoms with Crippen LogP contribution in [0.2, 0.25) is 0 Å². The van der Waals surface area contributed by atoms with E-state index >= 15 is 0 Å². The molecule has 0 aromatic heterocycles. The Morgan fingerprint density at radius 2 is 1.80 bits per heavy atom. The minimum atomic E-state index is 0.274. The van der Waals surface area contributed by atoms with Crippen LogP contribution in [0.15, 0.2) is 0 Å². The summed E-state index contributed by atoms with van der Waals surface area (Å²) in [6.45, 7) is 5.31. The summed E-state index contributed by atoms with van der Waals surface area (Å²) < 4.78 is 0. The monoisotopic (exact) mass is 213 g/mol. The topological polar surface area (TPSA) is 32.5 Å². The van der Waals surface area contributed by atoms with E-state index in [0.717, 1.165) is 25.6 Å². The molecule has 1 aliphatic rings. The lowest BCUT2D eigenvalue weighted by Gasteiger charge is -2.41. The molecule has 1 rings (SSSR count). The van der Waals surface area contributed by atoms with Gasteiger partial charge in [0.05, 0.1) is 0 Å². The predicted octanol–water partition coefficient (Wildman–Crippen LogP) is 0.997. The van der Waals surface area contributed by atoms with Crippen LogP contribution in [-0.4, -0.2) is 56.1 Å². The highest BCUT2D eigenvalue weighted by Crippen LogP contribution is 2.44. The van der Waals surface area contributed by atoms with Crippen molar-refractivity contribution in [2.45, 2.75) is 31.7 Å². The Morgan fingerprint density at radius 1 is 1.20 bits per heavy atom. The lowest BCUT2D eigenvalue weighted by molar-refractivity contribution is 0.0892. The zero-order chi connectivity index (χ0) is 11.5. The van der Waals surface area contributed by atoms with Gasteiger partial charge in [-0.05, 0) is 46.3 Å². The first-order valence-electron chi connectivity index (χ1n) is 6.13. The summed E-state index contributed by atoms with van der Waals surface area (Å²) in [6, 6.07) is 0. The van der Waals surface area contributed by atoms with Gasteiger partial charge in [-0.1, -0.05) is 6.92 Å². The van der Waals surface area contributed by atoms with Gasteiger partial charge in [-0.3, -0.25) is 4.90 Å². The van der Waals surface area contributed by atoms with Gasteiger partial charge >= 0.3 is 0 Å². The van der Waals surface area contributed by atoms with Crippen molar-refractivity contribution in [3.05, 3.63) is 0 Å². The van der Waals surface area contributed by atoms with Gasteiger partial charge in [-0.15, -0.1) is 0 Å².